The molecule has 18 heavy (non-hydrogen) atoms. The number of rotatable bonds is 7. The maximum Gasteiger partial charge on any atom is 0.0478 e. The van der Waals surface area contributed by atoms with E-state index in [0.29, 0.717) is 5.54 Å². The maximum atomic E-state index is 5.46. The van der Waals surface area contributed by atoms with Crippen molar-refractivity contribution in [2.75, 3.05) is 32.8 Å². The summed E-state index contributed by atoms with van der Waals surface area (Å²) in [6.07, 6.45) is 5.27. The Hall–Kier alpha value is -0.120. The molecule has 0 aromatic rings. The van der Waals surface area contributed by atoms with Gasteiger partial charge >= 0.3 is 0 Å². The van der Waals surface area contributed by atoms with E-state index in [9.17, 15) is 0 Å². The predicted octanol–water partition coefficient (Wildman–Crippen LogP) is 2.27. The minimum Gasteiger partial charge on any atom is -0.382 e. The van der Waals surface area contributed by atoms with Crippen molar-refractivity contribution in [3.63, 3.8) is 0 Å². The Balaban J connectivity index is 1.82. The Labute approximate surface area is 112 Å². The second kappa shape index (κ2) is 6.36. The number of nitrogens with zero attached hydrogens (tertiary/aromatic N) is 1. The Bertz CT molecular complexity index is 255. The van der Waals surface area contributed by atoms with Crippen LogP contribution in [0.4, 0.5) is 0 Å². The Kier molecular flexibility index (Phi) is 5.05. The molecule has 1 saturated carbocycles. The van der Waals surface area contributed by atoms with Crippen molar-refractivity contribution in [2.45, 2.75) is 58.0 Å². The van der Waals surface area contributed by atoms with Crippen LogP contribution in [0.25, 0.3) is 0 Å². The first kappa shape index (κ1) is 14.3. The Morgan fingerprint density at radius 2 is 2.11 bits per heavy atom. The first-order valence-electron chi connectivity index (χ1n) is 7.76. The minimum atomic E-state index is 0.372. The molecular weight excluding hydrogens is 224 g/mol. The van der Waals surface area contributed by atoms with Gasteiger partial charge in [-0.3, -0.25) is 4.90 Å². The van der Waals surface area contributed by atoms with Crippen LogP contribution in [0.2, 0.25) is 0 Å². The van der Waals surface area contributed by atoms with E-state index in [2.05, 4.69) is 31.0 Å². The second-order valence-electron chi connectivity index (χ2n) is 6.16. The van der Waals surface area contributed by atoms with Crippen molar-refractivity contribution in [1.29, 1.82) is 0 Å². The predicted molar refractivity (Wildman–Crippen MR) is 75.9 cm³/mol. The molecule has 2 rings (SSSR count). The van der Waals surface area contributed by atoms with Crippen LogP contribution in [0.3, 0.4) is 0 Å². The number of piperazine rings is 1. The molecule has 0 bridgehead atoms. The molecule has 0 aromatic carbocycles. The average molecular weight is 254 g/mol. The Morgan fingerprint density at radius 3 is 2.72 bits per heavy atom. The fraction of sp³-hybridized carbons (Fsp3) is 1.00. The van der Waals surface area contributed by atoms with Crippen molar-refractivity contribution in [3.8, 4) is 0 Å². The van der Waals surface area contributed by atoms with Crippen molar-refractivity contribution in [2.24, 2.45) is 5.92 Å². The van der Waals surface area contributed by atoms with Crippen LogP contribution < -0.4 is 5.32 Å². The molecule has 0 radical (unpaired) electrons. The summed E-state index contributed by atoms with van der Waals surface area (Å²) in [5.74, 6) is 0.921. The SMILES string of the molecule is CCOCCCN1CC(C)(C2CC2)NCC1CC. The molecule has 0 spiro atoms. The number of hydrogen-bond donors (Lipinski definition) is 1. The fourth-order valence-electron chi connectivity index (χ4n) is 3.26. The van der Waals surface area contributed by atoms with Crippen molar-refractivity contribution < 1.29 is 4.74 Å². The second-order valence-corrected chi connectivity index (χ2v) is 6.16. The van der Waals surface area contributed by atoms with E-state index >= 15 is 0 Å². The standard InChI is InChI=1S/C15H30N2O/c1-4-14-11-16-15(3,13-7-8-13)12-17(14)9-6-10-18-5-2/h13-14,16H,4-12H2,1-3H3. The zero-order valence-corrected chi connectivity index (χ0v) is 12.4. The summed E-state index contributed by atoms with van der Waals surface area (Å²) in [5, 5.41) is 3.82. The van der Waals surface area contributed by atoms with E-state index in [1.807, 2.05) is 0 Å². The van der Waals surface area contributed by atoms with Gasteiger partial charge in [0.1, 0.15) is 0 Å². The molecular formula is C15H30N2O. The molecule has 0 aromatic heterocycles. The minimum absolute atomic E-state index is 0.372. The van der Waals surface area contributed by atoms with Gasteiger partial charge < -0.3 is 10.1 Å². The number of nitrogens with one attached hydrogen (secondary N) is 1. The lowest BCUT2D eigenvalue weighted by atomic mass is 9.90. The molecule has 1 aliphatic carbocycles. The molecule has 2 aliphatic rings. The highest BCUT2D eigenvalue weighted by Crippen LogP contribution is 2.41. The number of hydrogen-bond acceptors (Lipinski definition) is 3. The third-order valence-corrected chi connectivity index (χ3v) is 4.68. The van der Waals surface area contributed by atoms with Crippen LogP contribution in [0.5, 0.6) is 0 Å². The monoisotopic (exact) mass is 254 g/mol. The highest BCUT2D eigenvalue weighted by molar-refractivity contribution is 5.03. The number of ether oxygens (including phenoxy) is 1. The topological polar surface area (TPSA) is 24.5 Å². The summed E-state index contributed by atoms with van der Waals surface area (Å²) in [4.78, 5) is 2.70. The van der Waals surface area contributed by atoms with Crippen LogP contribution in [0, 0.1) is 5.92 Å². The quantitative estimate of drug-likeness (QED) is 0.705. The molecule has 0 amide bonds. The summed E-state index contributed by atoms with van der Waals surface area (Å²) < 4.78 is 5.46. The van der Waals surface area contributed by atoms with Gasteiger partial charge in [0, 0.05) is 44.4 Å². The molecule has 2 atom stereocenters. The maximum absolute atomic E-state index is 5.46. The molecule has 1 aliphatic heterocycles. The van der Waals surface area contributed by atoms with Crippen LogP contribution in [0.15, 0.2) is 0 Å². The molecule has 3 nitrogen and oxygen atoms in total. The largest absolute Gasteiger partial charge is 0.382 e. The normalized spacial score (nSPS) is 33.8. The van der Waals surface area contributed by atoms with Gasteiger partial charge in [-0.2, -0.15) is 0 Å². The smallest absolute Gasteiger partial charge is 0.0478 e. The average Bonchev–Trinajstić information content (AvgIpc) is 3.19. The third-order valence-electron chi connectivity index (χ3n) is 4.68. The molecule has 2 unspecified atom stereocenters. The highest BCUT2D eigenvalue weighted by atomic mass is 16.5. The van der Waals surface area contributed by atoms with E-state index in [1.54, 1.807) is 0 Å². The van der Waals surface area contributed by atoms with Gasteiger partial charge in [-0.1, -0.05) is 6.92 Å². The van der Waals surface area contributed by atoms with Crippen LogP contribution >= 0.6 is 0 Å². The Morgan fingerprint density at radius 1 is 1.33 bits per heavy atom. The van der Waals surface area contributed by atoms with Crippen LogP contribution in [0.1, 0.15) is 46.5 Å². The zero-order chi connectivity index (χ0) is 13.0. The lowest BCUT2D eigenvalue weighted by Gasteiger charge is -2.46. The van der Waals surface area contributed by atoms with E-state index in [-0.39, 0.29) is 0 Å². The summed E-state index contributed by atoms with van der Waals surface area (Å²) in [7, 11) is 0. The fourth-order valence-corrected chi connectivity index (χ4v) is 3.26. The zero-order valence-electron chi connectivity index (χ0n) is 12.4. The van der Waals surface area contributed by atoms with E-state index < -0.39 is 0 Å². The summed E-state index contributed by atoms with van der Waals surface area (Å²) in [6, 6.07) is 0.721. The van der Waals surface area contributed by atoms with Crippen molar-refractivity contribution in [1.82, 2.24) is 10.2 Å². The molecule has 1 saturated heterocycles. The molecule has 3 heteroatoms. The van der Waals surface area contributed by atoms with Gasteiger partial charge in [-0.25, -0.2) is 0 Å². The van der Waals surface area contributed by atoms with Crippen molar-refractivity contribution in [3.05, 3.63) is 0 Å². The van der Waals surface area contributed by atoms with Gasteiger partial charge in [-0.15, -0.1) is 0 Å². The molecule has 2 fully saturated rings. The first-order valence-corrected chi connectivity index (χ1v) is 7.76. The molecule has 1 N–H and O–H groups in total. The van der Waals surface area contributed by atoms with Gasteiger partial charge in [0.25, 0.3) is 0 Å². The molecule has 1 heterocycles. The van der Waals surface area contributed by atoms with E-state index in [0.717, 1.165) is 31.7 Å². The summed E-state index contributed by atoms with van der Waals surface area (Å²) in [5.41, 5.74) is 0.372. The van der Waals surface area contributed by atoms with Gasteiger partial charge in [0.05, 0.1) is 0 Å². The van der Waals surface area contributed by atoms with Crippen molar-refractivity contribution >= 4 is 0 Å². The lowest BCUT2D eigenvalue weighted by Crippen LogP contribution is -2.63. The van der Waals surface area contributed by atoms with Crippen LogP contribution in [-0.2, 0) is 4.74 Å². The first-order chi connectivity index (χ1) is 8.69. The summed E-state index contributed by atoms with van der Waals surface area (Å²) in [6.45, 7) is 12.1. The highest BCUT2D eigenvalue weighted by Gasteiger charge is 2.45. The van der Waals surface area contributed by atoms with Gasteiger partial charge in [-0.05, 0) is 45.4 Å². The molecule has 106 valence electrons. The lowest BCUT2D eigenvalue weighted by molar-refractivity contribution is 0.0597. The van der Waals surface area contributed by atoms with Gasteiger partial charge in [0.2, 0.25) is 0 Å². The van der Waals surface area contributed by atoms with E-state index in [4.69, 9.17) is 4.74 Å². The van der Waals surface area contributed by atoms with Gasteiger partial charge in [0.15, 0.2) is 0 Å². The van der Waals surface area contributed by atoms with Crippen LogP contribution in [-0.4, -0.2) is 49.3 Å². The summed E-state index contributed by atoms with van der Waals surface area (Å²) >= 11 is 0. The third kappa shape index (κ3) is 3.46. The van der Waals surface area contributed by atoms with E-state index in [1.165, 1.54) is 38.8 Å².